The van der Waals surface area contributed by atoms with E-state index in [9.17, 15) is 14.4 Å². The van der Waals surface area contributed by atoms with Crippen molar-refractivity contribution >= 4 is 17.8 Å². The van der Waals surface area contributed by atoms with Gasteiger partial charge in [-0.15, -0.1) is 0 Å². The molecule has 0 bridgehead atoms. The van der Waals surface area contributed by atoms with E-state index in [4.69, 9.17) is 21.1 Å². The fourth-order valence-corrected chi connectivity index (χ4v) is 1.66. The third kappa shape index (κ3) is 1.97. The van der Waals surface area contributed by atoms with Crippen LogP contribution in [-0.2, 0) is 14.4 Å². The van der Waals surface area contributed by atoms with Crippen LogP contribution in [0.1, 0.15) is 6.42 Å². The molecule has 1 fully saturated rings. The van der Waals surface area contributed by atoms with E-state index in [0.717, 1.165) is 4.90 Å². The molecule has 5 N–H and O–H groups in total. The number of aliphatic hydroxyl groups is 1. The minimum Gasteiger partial charge on any atom is -0.480 e. The van der Waals surface area contributed by atoms with Gasteiger partial charge in [-0.25, -0.2) is 4.79 Å². The largest absolute Gasteiger partial charge is 0.480 e. The number of nitrogens with zero attached hydrogens (tertiary/aromatic N) is 1. The first-order valence-corrected chi connectivity index (χ1v) is 4.47. The van der Waals surface area contributed by atoms with Crippen LogP contribution in [0.4, 0.5) is 0 Å². The van der Waals surface area contributed by atoms with Gasteiger partial charge in [0.1, 0.15) is 18.2 Å². The van der Waals surface area contributed by atoms with E-state index in [-0.39, 0.29) is 6.42 Å². The standard InChI is InChI=1S/C8H12N2O6/c9-8(7(15)16)1-4(6(13)14)10(3-8)5(12)2-11/h4,11H,1-3,9H2,(H,13,14)(H,15,16)/t4-,8+/m0/s1. The minimum atomic E-state index is -1.77. The second kappa shape index (κ2) is 4.06. The van der Waals surface area contributed by atoms with Gasteiger partial charge in [0.05, 0.1) is 6.54 Å². The number of carbonyl (C=O) groups excluding carboxylic acids is 1. The van der Waals surface area contributed by atoms with Gasteiger partial charge >= 0.3 is 11.9 Å². The van der Waals surface area contributed by atoms with E-state index in [0.29, 0.717) is 0 Å². The highest BCUT2D eigenvalue weighted by Gasteiger charge is 2.51. The number of carboxylic acid groups (broad SMARTS) is 2. The number of aliphatic hydroxyl groups excluding tert-OH is 1. The third-order valence-corrected chi connectivity index (χ3v) is 2.55. The van der Waals surface area contributed by atoms with Gasteiger partial charge in [-0.2, -0.15) is 0 Å². The van der Waals surface area contributed by atoms with E-state index in [1.54, 1.807) is 0 Å². The second-order valence-corrected chi connectivity index (χ2v) is 3.70. The summed E-state index contributed by atoms with van der Waals surface area (Å²) in [6.07, 6.45) is -0.372. The fourth-order valence-electron chi connectivity index (χ4n) is 1.66. The quantitative estimate of drug-likeness (QED) is 0.419. The Morgan fingerprint density at radius 3 is 2.31 bits per heavy atom. The Labute approximate surface area is 90.3 Å². The Morgan fingerprint density at radius 1 is 1.38 bits per heavy atom. The van der Waals surface area contributed by atoms with Crippen molar-refractivity contribution in [3.63, 3.8) is 0 Å². The number of hydrogen-bond donors (Lipinski definition) is 4. The molecule has 1 aliphatic rings. The summed E-state index contributed by atoms with van der Waals surface area (Å²) in [6, 6.07) is -1.30. The van der Waals surface area contributed by atoms with Crippen LogP contribution in [0, 0.1) is 0 Å². The molecule has 1 aliphatic heterocycles. The lowest BCUT2D eigenvalue weighted by Gasteiger charge is -2.20. The Balaban J connectivity index is 2.97. The third-order valence-electron chi connectivity index (χ3n) is 2.55. The smallest absolute Gasteiger partial charge is 0.326 e. The molecular formula is C8H12N2O6. The zero-order valence-corrected chi connectivity index (χ0v) is 8.29. The summed E-state index contributed by atoms with van der Waals surface area (Å²) in [4.78, 5) is 33.6. The van der Waals surface area contributed by atoms with Crippen LogP contribution in [0.15, 0.2) is 0 Å². The normalized spacial score (nSPS) is 29.1. The van der Waals surface area contributed by atoms with Crippen LogP contribution in [-0.4, -0.2) is 62.8 Å². The molecule has 0 saturated carbocycles. The van der Waals surface area contributed by atoms with Gasteiger partial charge in [0.15, 0.2) is 0 Å². The van der Waals surface area contributed by atoms with Crippen LogP contribution < -0.4 is 5.73 Å². The number of likely N-dealkylation sites (tertiary alicyclic amines) is 1. The summed E-state index contributed by atoms with van der Waals surface area (Å²) in [5.41, 5.74) is 3.70. The molecule has 0 aromatic rings. The maximum Gasteiger partial charge on any atom is 0.326 e. The Bertz CT molecular complexity index is 343. The molecule has 0 aromatic heterocycles. The minimum absolute atomic E-state index is 0.372. The van der Waals surface area contributed by atoms with Crippen molar-refractivity contribution < 1.29 is 29.7 Å². The van der Waals surface area contributed by atoms with Crippen molar-refractivity contribution in [2.24, 2.45) is 5.73 Å². The summed E-state index contributed by atoms with van der Waals surface area (Å²) in [5.74, 6) is -3.55. The van der Waals surface area contributed by atoms with Gasteiger partial charge in [0.25, 0.3) is 0 Å². The van der Waals surface area contributed by atoms with Gasteiger partial charge in [0, 0.05) is 6.42 Å². The summed E-state index contributed by atoms with van der Waals surface area (Å²) >= 11 is 0. The Morgan fingerprint density at radius 2 is 1.94 bits per heavy atom. The van der Waals surface area contributed by atoms with E-state index in [1.165, 1.54) is 0 Å². The molecule has 0 unspecified atom stereocenters. The maximum atomic E-state index is 11.2. The van der Waals surface area contributed by atoms with Crippen molar-refractivity contribution in [3.05, 3.63) is 0 Å². The molecule has 0 radical (unpaired) electrons. The van der Waals surface area contributed by atoms with Crippen LogP contribution in [0.2, 0.25) is 0 Å². The van der Waals surface area contributed by atoms with Gasteiger partial charge in [0.2, 0.25) is 5.91 Å². The topological polar surface area (TPSA) is 141 Å². The van der Waals surface area contributed by atoms with Crippen molar-refractivity contribution in [3.8, 4) is 0 Å². The molecule has 1 amide bonds. The molecule has 1 saturated heterocycles. The Kier molecular flexibility index (Phi) is 3.15. The number of hydrogen-bond acceptors (Lipinski definition) is 5. The Hall–Kier alpha value is -1.67. The zero-order chi connectivity index (χ0) is 12.5. The number of carboxylic acids is 2. The molecule has 1 rings (SSSR count). The molecule has 16 heavy (non-hydrogen) atoms. The maximum absolute atomic E-state index is 11.2. The molecule has 0 aliphatic carbocycles. The van der Waals surface area contributed by atoms with Crippen LogP contribution in [0.25, 0.3) is 0 Å². The number of nitrogens with two attached hydrogens (primary N) is 1. The van der Waals surface area contributed by atoms with Crippen LogP contribution in [0.3, 0.4) is 0 Å². The van der Waals surface area contributed by atoms with Crippen molar-refractivity contribution in [2.45, 2.75) is 18.0 Å². The first-order chi connectivity index (χ1) is 7.31. The molecule has 1 heterocycles. The highest BCUT2D eigenvalue weighted by molar-refractivity contribution is 5.89. The molecule has 90 valence electrons. The van der Waals surface area contributed by atoms with E-state index >= 15 is 0 Å². The predicted molar refractivity (Wildman–Crippen MR) is 49.4 cm³/mol. The lowest BCUT2D eigenvalue weighted by atomic mass is 9.98. The fraction of sp³-hybridized carbons (Fsp3) is 0.625. The number of carbonyl (C=O) groups is 3. The van der Waals surface area contributed by atoms with Gasteiger partial charge in [-0.1, -0.05) is 0 Å². The monoisotopic (exact) mass is 232 g/mol. The number of rotatable bonds is 3. The molecule has 8 nitrogen and oxygen atoms in total. The predicted octanol–water partition coefficient (Wildman–Crippen LogP) is -2.55. The van der Waals surface area contributed by atoms with E-state index in [2.05, 4.69) is 0 Å². The van der Waals surface area contributed by atoms with Gasteiger partial charge in [-0.05, 0) is 0 Å². The van der Waals surface area contributed by atoms with Crippen molar-refractivity contribution in [1.29, 1.82) is 0 Å². The summed E-state index contributed by atoms with van der Waals surface area (Å²) < 4.78 is 0. The molecule has 8 heteroatoms. The van der Waals surface area contributed by atoms with Crippen molar-refractivity contribution in [1.82, 2.24) is 4.90 Å². The van der Waals surface area contributed by atoms with E-state index in [1.807, 2.05) is 0 Å². The SMILES string of the molecule is N[C@]1(C(=O)O)C[C@@H](C(=O)O)N(C(=O)CO)C1. The average Bonchev–Trinajstić information content (AvgIpc) is 2.57. The summed E-state index contributed by atoms with van der Waals surface area (Å²) in [5, 5.41) is 26.3. The first-order valence-electron chi connectivity index (χ1n) is 4.47. The zero-order valence-electron chi connectivity index (χ0n) is 8.29. The number of aliphatic carboxylic acids is 2. The molecule has 0 spiro atoms. The lowest BCUT2D eigenvalue weighted by Crippen LogP contribution is -2.50. The second-order valence-electron chi connectivity index (χ2n) is 3.70. The van der Waals surface area contributed by atoms with Crippen molar-refractivity contribution in [2.75, 3.05) is 13.2 Å². The van der Waals surface area contributed by atoms with Crippen LogP contribution >= 0.6 is 0 Å². The summed E-state index contributed by atoms with van der Waals surface area (Å²) in [6.45, 7) is -1.29. The van der Waals surface area contributed by atoms with Gasteiger partial charge < -0.3 is 26.0 Å². The summed E-state index contributed by atoms with van der Waals surface area (Å²) in [7, 11) is 0. The number of amides is 1. The molecule has 2 atom stereocenters. The first kappa shape index (κ1) is 12.4. The molecule has 0 aromatic carbocycles. The lowest BCUT2D eigenvalue weighted by molar-refractivity contribution is -0.149. The van der Waals surface area contributed by atoms with E-state index < -0.39 is 42.6 Å². The molecular weight excluding hydrogens is 220 g/mol. The van der Waals surface area contributed by atoms with Gasteiger partial charge in [-0.3, -0.25) is 9.59 Å². The van der Waals surface area contributed by atoms with Crippen LogP contribution in [0.5, 0.6) is 0 Å². The highest BCUT2D eigenvalue weighted by Crippen LogP contribution is 2.25. The highest BCUT2D eigenvalue weighted by atomic mass is 16.4. The average molecular weight is 232 g/mol.